The number of hydrogen-bond donors (Lipinski definition) is 3. The molecule has 0 spiro atoms. The topological polar surface area (TPSA) is 116 Å². The van der Waals surface area contributed by atoms with Crippen molar-refractivity contribution in [1.29, 1.82) is 0 Å². The Balaban J connectivity index is 0.00000128. The number of carbonyl (C=O) groups is 2. The van der Waals surface area contributed by atoms with Gasteiger partial charge in [-0.05, 0) is 12.1 Å². The van der Waals surface area contributed by atoms with Crippen molar-refractivity contribution in [3.8, 4) is 0 Å². The van der Waals surface area contributed by atoms with Crippen LogP contribution < -0.4 is 0 Å². The summed E-state index contributed by atoms with van der Waals surface area (Å²) in [6.07, 6.45) is 0. The molecule has 0 aliphatic heterocycles. The summed E-state index contributed by atoms with van der Waals surface area (Å²) in [5.41, 5.74) is 0.0302. The number of benzene rings is 1. The van der Waals surface area contributed by atoms with Gasteiger partial charge >= 0.3 is 11.9 Å². The second kappa shape index (κ2) is 4.44. The molecule has 0 bridgehead atoms. The largest absolute Gasteiger partial charge is 0.478 e. The monoisotopic (exact) mass is 314 g/mol. The number of carboxylic acids is 2. The number of fused-ring (bicyclic) bond motifs is 1. The summed E-state index contributed by atoms with van der Waals surface area (Å²) in [6.45, 7) is 0. The minimum absolute atomic E-state index is 0. The van der Waals surface area contributed by atoms with Crippen molar-refractivity contribution in [2.45, 2.75) is 0 Å². The Morgan fingerprint density at radius 1 is 1.00 bits per heavy atom. The second-order valence-corrected chi connectivity index (χ2v) is 2.82. The molecule has 87 valence electrons. The molecular weight excluding hydrogens is 310 g/mol. The number of aromatic amines is 1. The summed E-state index contributed by atoms with van der Waals surface area (Å²) < 4.78 is 0. The van der Waals surface area contributed by atoms with Crippen LogP contribution in [-0.4, -0.2) is 37.6 Å². The normalized spacial score (nSPS) is 9.75. The fourth-order valence-corrected chi connectivity index (χ4v) is 1.24. The summed E-state index contributed by atoms with van der Waals surface area (Å²) in [5, 5.41) is 27.2. The van der Waals surface area contributed by atoms with Crippen LogP contribution in [0, 0.1) is 0 Å². The van der Waals surface area contributed by atoms with E-state index in [1.165, 1.54) is 12.1 Å². The maximum atomic E-state index is 10.8. The van der Waals surface area contributed by atoms with E-state index >= 15 is 0 Å². The first-order valence-corrected chi connectivity index (χ1v) is 3.90. The predicted octanol–water partition coefficient (Wildman–Crippen LogP) is 0.352. The zero-order valence-corrected chi connectivity index (χ0v) is 9.04. The zero-order chi connectivity index (χ0) is 11.0. The Kier molecular flexibility index (Phi) is 3.43. The van der Waals surface area contributed by atoms with Crippen molar-refractivity contribution in [3.05, 3.63) is 23.3 Å². The molecule has 0 atom stereocenters. The van der Waals surface area contributed by atoms with E-state index in [1.807, 2.05) is 0 Å². The average Bonchev–Trinajstić information content (AvgIpc) is 2.61. The van der Waals surface area contributed by atoms with E-state index in [0.29, 0.717) is 11.0 Å². The third kappa shape index (κ3) is 1.96. The fourth-order valence-electron chi connectivity index (χ4n) is 1.24. The first-order chi connectivity index (χ1) is 7.09. The first-order valence-electron chi connectivity index (χ1n) is 3.90. The van der Waals surface area contributed by atoms with Gasteiger partial charge in [-0.15, -0.1) is 0 Å². The predicted molar refractivity (Wildman–Crippen MR) is 47.8 cm³/mol. The minimum Gasteiger partial charge on any atom is -0.478 e. The SMILES string of the molecule is O=C(O)c1cc2n[nH]nc2cc1C(=O)O.[Ag]. The number of rotatable bonds is 2. The Morgan fingerprint density at radius 3 is 1.69 bits per heavy atom. The molecule has 0 aliphatic rings. The molecule has 0 fully saturated rings. The molecule has 2 rings (SSSR count). The molecule has 1 aromatic heterocycles. The Labute approximate surface area is 104 Å². The third-order valence-corrected chi connectivity index (χ3v) is 1.92. The summed E-state index contributed by atoms with van der Waals surface area (Å²) in [7, 11) is 0. The van der Waals surface area contributed by atoms with Crippen LogP contribution >= 0.6 is 0 Å². The van der Waals surface area contributed by atoms with Crippen molar-refractivity contribution in [2.75, 3.05) is 0 Å². The zero-order valence-electron chi connectivity index (χ0n) is 7.56. The van der Waals surface area contributed by atoms with Gasteiger partial charge in [-0.3, -0.25) is 0 Å². The molecular formula is C8H5AgN3O4. The Bertz CT molecular complexity index is 517. The van der Waals surface area contributed by atoms with E-state index in [4.69, 9.17) is 10.2 Å². The van der Waals surface area contributed by atoms with Gasteiger partial charge in [0.15, 0.2) is 0 Å². The Hall–Kier alpha value is -1.70. The van der Waals surface area contributed by atoms with E-state index in [-0.39, 0.29) is 33.5 Å². The first kappa shape index (κ1) is 12.4. The molecule has 16 heavy (non-hydrogen) atoms. The van der Waals surface area contributed by atoms with Gasteiger partial charge in [0, 0.05) is 22.4 Å². The second-order valence-electron chi connectivity index (χ2n) is 2.82. The molecule has 1 radical (unpaired) electrons. The summed E-state index contributed by atoms with van der Waals surface area (Å²) in [5.74, 6) is -2.62. The van der Waals surface area contributed by atoms with Gasteiger partial charge in [-0.25, -0.2) is 9.59 Å². The van der Waals surface area contributed by atoms with Crippen molar-refractivity contribution in [2.24, 2.45) is 0 Å². The molecule has 1 heterocycles. The van der Waals surface area contributed by atoms with Gasteiger partial charge in [0.1, 0.15) is 11.0 Å². The fraction of sp³-hybridized carbons (Fsp3) is 0. The maximum Gasteiger partial charge on any atom is 0.336 e. The molecule has 0 aliphatic carbocycles. The van der Waals surface area contributed by atoms with E-state index in [2.05, 4.69) is 15.4 Å². The van der Waals surface area contributed by atoms with Crippen molar-refractivity contribution >= 4 is 23.0 Å². The smallest absolute Gasteiger partial charge is 0.336 e. The Morgan fingerprint density at radius 2 is 1.38 bits per heavy atom. The molecule has 3 N–H and O–H groups in total. The van der Waals surface area contributed by atoms with Crippen LogP contribution in [0.25, 0.3) is 11.0 Å². The molecule has 0 unspecified atom stereocenters. The van der Waals surface area contributed by atoms with Crippen LogP contribution in [0.4, 0.5) is 0 Å². The molecule has 0 amide bonds. The van der Waals surface area contributed by atoms with Crippen LogP contribution in [0.1, 0.15) is 20.7 Å². The quantitative estimate of drug-likeness (QED) is 0.689. The maximum absolute atomic E-state index is 10.8. The van der Waals surface area contributed by atoms with Crippen LogP contribution in [-0.2, 0) is 22.4 Å². The van der Waals surface area contributed by atoms with Crippen molar-refractivity contribution in [1.82, 2.24) is 15.4 Å². The van der Waals surface area contributed by atoms with E-state index in [1.54, 1.807) is 0 Å². The van der Waals surface area contributed by atoms with Gasteiger partial charge in [-0.2, -0.15) is 15.4 Å². The van der Waals surface area contributed by atoms with Crippen LogP contribution in [0.15, 0.2) is 12.1 Å². The number of hydrogen-bond acceptors (Lipinski definition) is 4. The average molecular weight is 315 g/mol. The van der Waals surface area contributed by atoms with E-state index < -0.39 is 11.9 Å². The molecule has 0 saturated carbocycles. The molecule has 1 aromatic carbocycles. The number of nitrogens with one attached hydrogen (secondary N) is 1. The van der Waals surface area contributed by atoms with Crippen LogP contribution in [0.3, 0.4) is 0 Å². The summed E-state index contributed by atoms with van der Waals surface area (Å²) in [6, 6.07) is 2.34. The van der Waals surface area contributed by atoms with Crippen LogP contribution in [0.2, 0.25) is 0 Å². The number of nitrogens with zero attached hydrogens (tertiary/aromatic N) is 2. The summed E-state index contributed by atoms with van der Waals surface area (Å²) in [4.78, 5) is 21.5. The number of aromatic nitrogens is 3. The van der Waals surface area contributed by atoms with Gasteiger partial charge in [0.2, 0.25) is 0 Å². The number of H-pyrrole nitrogens is 1. The molecule has 2 aromatic rings. The van der Waals surface area contributed by atoms with Gasteiger partial charge < -0.3 is 10.2 Å². The van der Waals surface area contributed by atoms with E-state index in [9.17, 15) is 9.59 Å². The standard InChI is InChI=1S/C8H5N3O4.Ag/c12-7(13)3-1-5-6(10-11-9-5)2-4(3)8(14)15;/h1-2H,(H,12,13)(H,14,15)(H,9,10,11);. The molecule has 0 saturated heterocycles. The van der Waals surface area contributed by atoms with E-state index in [0.717, 1.165) is 0 Å². The third-order valence-electron chi connectivity index (χ3n) is 1.92. The molecule has 7 nitrogen and oxygen atoms in total. The van der Waals surface area contributed by atoms with Crippen LogP contribution in [0.5, 0.6) is 0 Å². The number of aromatic carboxylic acids is 2. The minimum atomic E-state index is -1.31. The summed E-state index contributed by atoms with van der Waals surface area (Å²) >= 11 is 0. The molecule has 8 heteroatoms. The van der Waals surface area contributed by atoms with Crippen molar-refractivity contribution < 1.29 is 42.2 Å². The van der Waals surface area contributed by atoms with Crippen molar-refractivity contribution in [3.63, 3.8) is 0 Å². The number of carboxylic acid groups (broad SMARTS) is 2. The van der Waals surface area contributed by atoms with Gasteiger partial charge in [0.25, 0.3) is 0 Å². The van der Waals surface area contributed by atoms with Gasteiger partial charge in [-0.1, -0.05) is 0 Å². The van der Waals surface area contributed by atoms with Gasteiger partial charge in [0.05, 0.1) is 11.1 Å².